The van der Waals surface area contributed by atoms with Crippen LogP contribution >= 0.6 is 0 Å². The summed E-state index contributed by atoms with van der Waals surface area (Å²) >= 11 is 0. The third-order valence-electron chi connectivity index (χ3n) is 3.85. The van der Waals surface area contributed by atoms with Gasteiger partial charge in [-0.05, 0) is 36.8 Å². The van der Waals surface area contributed by atoms with Gasteiger partial charge in [0.1, 0.15) is 11.6 Å². The van der Waals surface area contributed by atoms with Gasteiger partial charge in [0.15, 0.2) is 0 Å². The molecule has 0 bridgehead atoms. The molecule has 0 aliphatic carbocycles. The van der Waals surface area contributed by atoms with Gasteiger partial charge in [-0.25, -0.2) is 9.37 Å². The Labute approximate surface area is 154 Å². The van der Waals surface area contributed by atoms with Crippen molar-refractivity contribution in [1.82, 2.24) is 14.9 Å². The third kappa shape index (κ3) is 4.97. The van der Waals surface area contributed by atoms with E-state index in [2.05, 4.69) is 9.97 Å². The predicted octanol–water partition coefficient (Wildman–Crippen LogP) is 2.55. The van der Waals surface area contributed by atoms with E-state index >= 15 is 0 Å². The van der Waals surface area contributed by atoms with Crippen LogP contribution in [0.25, 0.3) is 11.0 Å². The zero-order valence-corrected chi connectivity index (χ0v) is 14.6. The maximum absolute atomic E-state index is 13.2. The topological polar surface area (TPSA) is 103 Å². The number of hydrogen-bond acceptors (Lipinski definition) is 4. The largest absolute Gasteiger partial charge is 0.483 e. The molecular formula is C19H18FN3O4. The smallest absolute Gasteiger partial charge is 0.290 e. The van der Waals surface area contributed by atoms with Crippen molar-refractivity contribution < 1.29 is 23.9 Å². The van der Waals surface area contributed by atoms with E-state index in [1.807, 2.05) is 19.1 Å². The van der Waals surface area contributed by atoms with Gasteiger partial charge in [-0.3, -0.25) is 19.3 Å². The lowest BCUT2D eigenvalue weighted by molar-refractivity contribution is -0.123. The number of amides is 2. The number of imidazole rings is 1. The lowest BCUT2D eigenvalue weighted by atomic mass is 10.1. The molecule has 27 heavy (non-hydrogen) atoms. The van der Waals surface area contributed by atoms with Crippen molar-refractivity contribution in [3.05, 3.63) is 65.2 Å². The highest BCUT2D eigenvalue weighted by molar-refractivity contribution is 6.00. The molecular weight excluding hydrogens is 353 g/mol. The number of nitrogens with zero attached hydrogens (tertiary/aromatic N) is 2. The van der Waals surface area contributed by atoms with E-state index in [1.54, 1.807) is 18.2 Å². The number of aromatic amines is 1. The Kier molecular flexibility index (Phi) is 6.76. The summed E-state index contributed by atoms with van der Waals surface area (Å²) in [5, 5.41) is 6.89. The molecule has 0 unspecified atom stereocenters. The second-order valence-electron chi connectivity index (χ2n) is 5.62. The molecule has 1 heterocycles. The SMILES string of the molecule is Cc1ccccc1C(=O)N(C=O)CCc1nc2ccc(F)cc2[nH]1.O=CO. The predicted molar refractivity (Wildman–Crippen MR) is 96.7 cm³/mol. The van der Waals surface area contributed by atoms with Gasteiger partial charge in [-0.1, -0.05) is 18.2 Å². The zero-order valence-electron chi connectivity index (χ0n) is 14.6. The summed E-state index contributed by atoms with van der Waals surface area (Å²) < 4.78 is 13.2. The molecule has 3 aromatic rings. The fourth-order valence-corrected chi connectivity index (χ4v) is 2.55. The monoisotopic (exact) mass is 371 g/mol. The molecule has 0 saturated carbocycles. The molecule has 2 N–H and O–H groups in total. The summed E-state index contributed by atoms with van der Waals surface area (Å²) in [6.07, 6.45) is 0.893. The maximum Gasteiger partial charge on any atom is 0.290 e. The number of fused-ring (bicyclic) bond motifs is 1. The van der Waals surface area contributed by atoms with Crippen LogP contribution in [0.1, 0.15) is 21.7 Å². The van der Waals surface area contributed by atoms with Crippen LogP contribution in [-0.2, 0) is 16.0 Å². The number of nitrogens with one attached hydrogen (secondary N) is 1. The Morgan fingerprint density at radius 3 is 2.63 bits per heavy atom. The summed E-state index contributed by atoms with van der Waals surface area (Å²) in [7, 11) is 0. The molecule has 3 rings (SSSR count). The van der Waals surface area contributed by atoms with Crippen molar-refractivity contribution in [3.8, 4) is 0 Å². The molecule has 0 radical (unpaired) electrons. The zero-order chi connectivity index (χ0) is 19.8. The van der Waals surface area contributed by atoms with E-state index in [0.717, 1.165) is 10.5 Å². The number of benzene rings is 2. The number of hydrogen-bond donors (Lipinski definition) is 2. The summed E-state index contributed by atoms with van der Waals surface area (Å²) in [4.78, 5) is 40.6. The molecule has 0 spiro atoms. The minimum absolute atomic E-state index is 0.193. The molecule has 0 saturated heterocycles. The molecule has 2 amide bonds. The van der Waals surface area contributed by atoms with Crippen LogP contribution in [0.5, 0.6) is 0 Å². The van der Waals surface area contributed by atoms with Crippen molar-refractivity contribution >= 4 is 29.8 Å². The fraction of sp³-hybridized carbons (Fsp3) is 0.158. The fourth-order valence-electron chi connectivity index (χ4n) is 2.55. The summed E-state index contributed by atoms with van der Waals surface area (Å²) in [6.45, 7) is 1.77. The molecule has 0 aliphatic rings. The summed E-state index contributed by atoms with van der Waals surface area (Å²) in [6, 6.07) is 11.4. The van der Waals surface area contributed by atoms with Crippen LogP contribution in [0.4, 0.5) is 4.39 Å². The van der Waals surface area contributed by atoms with Crippen molar-refractivity contribution in [3.63, 3.8) is 0 Å². The van der Waals surface area contributed by atoms with Crippen LogP contribution in [0.15, 0.2) is 42.5 Å². The first kappa shape index (κ1) is 19.8. The Balaban J connectivity index is 0.000000817. The van der Waals surface area contributed by atoms with Crippen molar-refractivity contribution in [1.29, 1.82) is 0 Å². The minimum atomic E-state index is -0.345. The molecule has 1 aromatic heterocycles. The highest BCUT2D eigenvalue weighted by Crippen LogP contribution is 2.14. The number of carbonyl (C=O) groups excluding carboxylic acids is 2. The Morgan fingerprint density at radius 2 is 1.96 bits per heavy atom. The molecule has 7 nitrogen and oxygen atoms in total. The molecule has 8 heteroatoms. The van der Waals surface area contributed by atoms with E-state index in [1.165, 1.54) is 12.1 Å². The van der Waals surface area contributed by atoms with Crippen LogP contribution in [0.2, 0.25) is 0 Å². The first-order valence-corrected chi connectivity index (χ1v) is 8.04. The van der Waals surface area contributed by atoms with E-state index < -0.39 is 0 Å². The van der Waals surface area contributed by atoms with Crippen molar-refractivity contribution in [2.24, 2.45) is 0 Å². The normalized spacial score (nSPS) is 10.0. The molecule has 140 valence electrons. The van der Waals surface area contributed by atoms with Gasteiger partial charge in [-0.2, -0.15) is 0 Å². The van der Waals surface area contributed by atoms with Crippen LogP contribution in [-0.4, -0.2) is 45.3 Å². The third-order valence-corrected chi connectivity index (χ3v) is 3.85. The Hall–Kier alpha value is -3.55. The lowest BCUT2D eigenvalue weighted by Crippen LogP contribution is -2.32. The average Bonchev–Trinajstić information content (AvgIpc) is 3.05. The number of aromatic nitrogens is 2. The highest BCUT2D eigenvalue weighted by Gasteiger charge is 2.17. The van der Waals surface area contributed by atoms with E-state index in [-0.39, 0.29) is 24.7 Å². The second kappa shape index (κ2) is 9.23. The maximum atomic E-state index is 13.2. The Bertz CT molecular complexity index is 955. The van der Waals surface area contributed by atoms with E-state index in [0.29, 0.717) is 35.3 Å². The molecule has 2 aromatic carbocycles. The lowest BCUT2D eigenvalue weighted by Gasteiger charge is -2.16. The molecule has 0 fully saturated rings. The Morgan fingerprint density at radius 1 is 1.26 bits per heavy atom. The van der Waals surface area contributed by atoms with E-state index in [4.69, 9.17) is 9.90 Å². The quantitative estimate of drug-likeness (QED) is 0.671. The van der Waals surface area contributed by atoms with E-state index in [9.17, 15) is 14.0 Å². The van der Waals surface area contributed by atoms with Gasteiger partial charge in [0.05, 0.1) is 11.0 Å². The van der Waals surface area contributed by atoms with Crippen molar-refractivity contribution in [2.75, 3.05) is 6.54 Å². The van der Waals surface area contributed by atoms with Gasteiger partial charge < -0.3 is 10.1 Å². The van der Waals surface area contributed by atoms with Gasteiger partial charge in [-0.15, -0.1) is 0 Å². The van der Waals surface area contributed by atoms with Crippen molar-refractivity contribution in [2.45, 2.75) is 13.3 Å². The molecule has 0 aliphatic heterocycles. The van der Waals surface area contributed by atoms with Crippen LogP contribution in [0.3, 0.4) is 0 Å². The number of halogens is 1. The first-order valence-electron chi connectivity index (χ1n) is 8.04. The van der Waals surface area contributed by atoms with Crippen LogP contribution in [0, 0.1) is 12.7 Å². The first-order chi connectivity index (χ1) is 13.0. The number of H-pyrrole nitrogens is 1. The number of rotatable bonds is 5. The van der Waals surface area contributed by atoms with Gasteiger partial charge >= 0.3 is 0 Å². The number of imide groups is 1. The number of carbonyl (C=O) groups is 3. The second-order valence-corrected chi connectivity index (χ2v) is 5.62. The van der Waals surface area contributed by atoms with Gasteiger partial charge in [0.2, 0.25) is 6.41 Å². The van der Waals surface area contributed by atoms with Gasteiger partial charge in [0, 0.05) is 18.5 Å². The summed E-state index contributed by atoms with van der Waals surface area (Å²) in [5.41, 5.74) is 2.55. The highest BCUT2D eigenvalue weighted by atomic mass is 19.1. The number of carboxylic acid groups (broad SMARTS) is 1. The standard InChI is InChI=1S/C18H16FN3O2.CH2O2/c1-12-4-2-3-5-14(12)18(24)22(11-23)9-8-17-20-15-7-6-13(19)10-16(15)21-17;2-1-3/h2-7,10-11H,8-9H2,1H3,(H,20,21);1H,(H,2,3). The average molecular weight is 371 g/mol. The van der Waals surface area contributed by atoms with Crippen LogP contribution < -0.4 is 0 Å². The van der Waals surface area contributed by atoms with Gasteiger partial charge in [0.25, 0.3) is 12.4 Å². The summed E-state index contributed by atoms with van der Waals surface area (Å²) in [5.74, 6) is -0.0905. The minimum Gasteiger partial charge on any atom is -0.483 e. The molecule has 0 atom stereocenters. The number of aryl methyl sites for hydroxylation is 1.